The van der Waals surface area contributed by atoms with Crippen molar-refractivity contribution < 1.29 is 4.74 Å². The second kappa shape index (κ2) is 5.59. The van der Waals surface area contributed by atoms with E-state index >= 15 is 0 Å². The monoisotopic (exact) mass is 265 g/mol. The lowest BCUT2D eigenvalue weighted by Crippen LogP contribution is -2.46. The SMILES string of the molecule is CNc1nc(OC)nc(N2CC(C)CC(C)C2C)n1. The third-order valence-electron chi connectivity index (χ3n) is 3.86. The average molecular weight is 265 g/mol. The first kappa shape index (κ1) is 13.8. The van der Waals surface area contributed by atoms with Crippen LogP contribution in [0.5, 0.6) is 6.01 Å². The van der Waals surface area contributed by atoms with E-state index in [1.54, 1.807) is 14.2 Å². The molecule has 0 aromatic carbocycles. The molecule has 6 heteroatoms. The van der Waals surface area contributed by atoms with Gasteiger partial charge in [0.05, 0.1) is 7.11 Å². The lowest BCUT2D eigenvalue weighted by Gasteiger charge is -2.41. The molecule has 106 valence electrons. The molecular formula is C13H23N5O. The van der Waals surface area contributed by atoms with Crippen molar-refractivity contribution in [1.82, 2.24) is 15.0 Å². The Bertz CT molecular complexity index is 417. The van der Waals surface area contributed by atoms with Crippen molar-refractivity contribution in [2.75, 3.05) is 30.9 Å². The molecule has 0 amide bonds. The highest BCUT2D eigenvalue weighted by atomic mass is 16.5. The molecule has 1 aromatic heterocycles. The van der Waals surface area contributed by atoms with Gasteiger partial charge in [-0.25, -0.2) is 0 Å². The third kappa shape index (κ3) is 2.88. The van der Waals surface area contributed by atoms with Gasteiger partial charge in [0.1, 0.15) is 0 Å². The van der Waals surface area contributed by atoms with E-state index in [-0.39, 0.29) is 0 Å². The van der Waals surface area contributed by atoms with Crippen LogP contribution in [0.1, 0.15) is 27.2 Å². The number of piperidine rings is 1. The highest BCUT2D eigenvalue weighted by Gasteiger charge is 2.31. The maximum absolute atomic E-state index is 5.15. The Kier molecular flexibility index (Phi) is 4.07. The van der Waals surface area contributed by atoms with Gasteiger partial charge in [-0.05, 0) is 25.2 Å². The topological polar surface area (TPSA) is 63.2 Å². The maximum atomic E-state index is 5.15. The number of nitrogens with zero attached hydrogens (tertiary/aromatic N) is 4. The molecule has 1 aliphatic heterocycles. The molecule has 1 N–H and O–H groups in total. The van der Waals surface area contributed by atoms with E-state index in [2.05, 4.69) is 45.9 Å². The summed E-state index contributed by atoms with van der Waals surface area (Å²) in [5.74, 6) is 2.51. The molecule has 0 radical (unpaired) electrons. The minimum Gasteiger partial charge on any atom is -0.467 e. The fourth-order valence-electron chi connectivity index (χ4n) is 2.66. The van der Waals surface area contributed by atoms with Crippen LogP contribution in [-0.2, 0) is 0 Å². The summed E-state index contributed by atoms with van der Waals surface area (Å²) < 4.78 is 5.15. The van der Waals surface area contributed by atoms with Gasteiger partial charge in [0.2, 0.25) is 11.9 Å². The zero-order valence-corrected chi connectivity index (χ0v) is 12.3. The van der Waals surface area contributed by atoms with Crippen LogP contribution in [0.25, 0.3) is 0 Å². The van der Waals surface area contributed by atoms with Gasteiger partial charge in [-0.1, -0.05) is 13.8 Å². The molecule has 6 nitrogen and oxygen atoms in total. The van der Waals surface area contributed by atoms with Crippen molar-refractivity contribution in [2.45, 2.75) is 33.2 Å². The van der Waals surface area contributed by atoms with Crippen LogP contribution in [0.3, 0.4) is 0 Å². The minimum atomic E-state index is 0.354. The number of nitrogens with one attached hydrogen (secondary N) is 1. The zero-order valence-electron chi connectivity index (χ0n) is 12.3. The first-order valence-corrected chi connectivity index (χ1v) is 6.79. The van der Waals surface area contributed by atoms with Crippen LogP contribution < -0.4 is 15.0 Å². The molecule has 19 heavy (non-hydrogen) atoms. The van der Waals surface area contributed by atoms with Crippen molar-refractivity contribution in [3.05, 3.63) is 0 Å². The molecule has 1 aromatic rings. The van der Waals surface area contributed by atoms with Gasteiger partial charge in [-0.2, -0.15) is 15.0 Å². The molecule has 0 spiro atoms. The van der Waals surface area contributed by atoms with Gasteiger partial charge in [-0.15, -0.1) is 0 Å². The second-order valence-corrected chi connectivity index (χ2v) is 5.41. The standard InChI is InChI=1S/C13H23N5O/c1-8-6-9(2)10(3)18(7-8)12-15-11(14-4)16-13(17-12)19-5/h8-10H,6-7H2,1-5H3,(H,14,15,16,17). The average Bonchev–Trinajstić information content (AvgIpc) is 2.42. The molecule has 2 heterocycles. The van der Waals surface area contributed by atoms with Gasteiger partial charge in [0.15, 0.2) is 0 Å². The molecule has 3 atom stereocenters. The Hall–Kier alpha value is -1.59. The van der Waals surface area contributed by atoms with Gasteiger partial charge < -0.3 is 15.0 Å². The Morgan fingerprint density at radius 1 is 1.21 bits per heavy atom. The maximum Gasteiger partial charge on any atom is 0.322 e. The summed E-state index contributed by atoms with van der Waals surface area (Å²) in [6.07, 6.45) is 1.25. The van der Waals surface area contributed by atoms with Crippen molar-refractivity contribution in [3.8, 4) is 6.01 Å². The van der Waals surface area contributed by atoms with Gasteiger partial charge in [0.25, 0.3) is 0 Å². The largest absolute Gasteiger partial charge is 0.467 e. The zero-order chi connectivity index (χ0) is 14.0. The Morgan fingerprint density at radius 2 is 1.95 bits per heavy atom. The van der Waals surface area contributed by atoms with Crippen molar-refractivity contribution >= 4 is 11.9 Å². The summed E-state index contributed by atoms with van der Waals surface area (Å²) in [4.78, 5) is 15.2. The van der Waals surface area contributed by atoms with Gasteiger partial charge in [0, 0.05) is 19.6 Å². The van der Waals surface area contributed by atoms with E-state index in [0.29, 0.717) is 35.8 Å². The van der Waals surface area contributed by atoms with Crippen LogP contribution in [0.2, 0.25) is 0 Å². The van der Waals surface area contributed by atoms with Crippen molar-refractivity contribution in [1.29, 1.82) is 0 Å². The molecule has 1 saturated heterocycles. The van der Waals surface area contributed by atoms with Crippen molar-refractivity contribution in [2.24, 2.45) is 11.8 Å². The van der Waals surface area contributed by atoms with Gasteiger partial charge in [-0.3, -0.25) is 0 Å². The fraction of sp³-hybridized carbons (Fsp3) is 0.769. The smallest absolute Gasteiger partial charge is 0.322 e. The molecule has 0 saturated carbocycles. The number of hydrogen-bond donors (Lipinski definition) is 1. The lowest BCUT2D eigenvalue weighted by molar-refractivity contribution is 0.292. The van der Waals surface area contributed by atoms with E-state index in [1.165, 1.54) is 6.42 Å². The number of rotatable bonds is 3. The Balaban J connectivity index is 2.33. The predicted octanol–water partition coefficient (Wildman–Crippen LogP) is 1.79. The summed E-state index contributed by atoms with van der Waals surface area (Å²) in [7, 11) is 3.37. The van der Waals surface area contributed by atoms with Crippen molar-refractivity contribution in [3.63, 3.8) is 0 Å². The van der Waals surface area contributed by atoms with E-state index in [0.717, 1.165) is 6.54 Å². The first-order chi connectivity index (χ1) is 9.05. The summed E-state index contributed by atoms with van der Waals surface area (Å²) in [6, 6.07) is 0.778. The summed E-state index contributed by atoms with van der Waals surface area (Å²) in [6.45, 7) is 7.76. The molecule has 0 bridgehead atoms. The lowest BCUT2D eigenvalue weighted by atomic mass is 9.86. The van der Waals surface area contributed by atoms with E-state index in [1.807, 2.05) is 0 Å². The summed E-state index contributed by atoms with van der Waals surface area (Å²) >= 11 is 0. The fourth-order valence-corrected chi connectivity index (χ4v) is 2.66. The number of methoxy groups -OCH3 is 1. The van der Waals surface area contributed by atoms with Crippen LogP contribution in [-0.4, -0.2) is 41.7 Å². The molecule has 3 unspecified atom stereocenters. The number of hydrogen-bond acceptors (Lipinski definition) is 6. The van der Waals surface area contributed by atoms with E-state index in [9.17, 15) is 0 Å². The quantitative estimate of drug-likeness (QED) is 0.899. The second-order valence-electron chi connectivity index (χ2n) is 5.41. The molecule has 0 aliphatic carbocycles. The highest BCUT2D eigenvalue weighted by Crippen LogP contribution is 2.30. The van der Waals surface area contributed by atoms with Crippen LogP contribution in [0.15, 0.2) is 0 Å². The molecule has 1 fully saturated rings. The van der Waals surface area contributed by atoms with Gasteiger partial charge >= 0.3 is 6.01 Å². The van der Waals surface area contributed by atoms with E-state index in [4.69, 9.17) is 4.74 Å². The highest BCUT2D eigenvalue weighted by molar-refractivity contribution is 5.39. The number of aromatic nitrogens is 3. The first-order valence-electron chi connectivity index (χ1n) is 6.79. The number of anilines is 2. The van der Waals surface area contributed by atoms with Crippen LogP contribution >= 0.6 is 0 Å². The van der Waals surface area contributed by atoms with E-state index < -0.39 is 0 Å². The molecular weight excluding hydrogens is 242 g/mol. The van der Waals surface area contributed by atoms with Crippen LogP contribution in [0, 0.1) is 11.8 Å². The summed E-state index contributed by atoms with van der Waals surface area (Å²) in [5.41, 5.74) is 0. The molecule has 1 aliphatic rings. The molecule has 2 rings (SSSR count). The Labute approximate surface area is 114 Å². The number of ether oxygens (including phenoxy) is 1. The Morgan fingerprint density at radius 3 is 2.58 bits per heavy atom. The third-order valence-corrected chi connectivity index (χ3v) is 3.86. The van der Waals surface area contributed by atoms with Crippen LogP contribution in [0.4, 0.5) is 11.9 Å². The normalized spacial score (nSPS) is 27.2. The minimum absolute atomic E-state index is 0.354. The predicted molar refractivity (Wildman–Crippen MR) is 75.7 cm³/mol. The summed E-state index contributed by atoms with van der Waals surface area (Å²) in [5, 5.41) is 2.95.